The first-order chi connectivity index (χ1) is 9.77. The molecule has 1 rings (SSSR count). The van der Waals surface area contributed by atoms with E-state index in [0.717, 1.165) is 19.3 Å². The van der Waals surface area contributed by atoms with Crippen molar-refractivity contribution < 1.29 is 14.7 Å². The van der Waals surface area contributed by atoms with Crippen LogP contribution in [-0.2, 0) is 9.63 Å². The minimum atomic E-state index is -0.867. The number of hydrazone groups is 1. The molecule has 0 aromatic heterocycles. The minimum Gasteiger partial charge on any atom is -0.480 e. The molecule has 2 atom stereocenters. The number of hydrogen-bond acceptors (Lipinski definition) is 5. The Balaban J connectivity index is 3.07. The van der Waals surface area contributed by atoms with E-state index in [1.54, 1.807) is 12.1 Å². The van der Waals surface area contributed by atoms with Crippen LogP contribution in [0.4, 0.5) is 0 Å². The molecular formula is C15H29N3O3. The number of rotatable bonds is 8. The summed E-state index contributed by atoms with van der Waals surface area (Å²) in [6.07, 6.45) is 5.05. The highest BCUT2D eigenvalue weighted by atomic mass is 16.7. The summed E-state index contributed by atoms with van der Waals surface area (Å²) in [6.45, 7) is 8.33. The molecule has 0 aliphatic carbocycles. The van der Waals surface area contributed by atoms with E-state index in [1.807, 2.05) is 6.21 Å². The predicted molar refractivity (Wildman–Crippen MR) is 83.1 cm³/mol. The van der Waals surface area contributed by atoms with Crippen molar-refractivity contribution in [2.45, 2.75) is 64.5 Å². The van der Waals surface area contributed by atoms with Crippen LogP contribution in [0.15, 0.2) is 5.10 Å². The molecule has 122 valence electrons. The molecule has 0 radical (unpaired) electrons. The fourth-order valence-electron chi connectivity index (χ4n) is 3.19. The molecule has 6 nitrogen and oxygen atoms in total. The van der Waals surface area contributed by atoms with Gasteiger partial charge in [-0.1, -0.05) is 20.8 Å². The van der Waals surface area contributed by atoms with Crippen LogP contribution in [0, 0.1) is 5.92 Å². The van der Waals surface area contributed by atoms with Gasteiger partial charge >= 0.3 is 5.97 Å². The fourth-order valence-corrected chi connectivity index (χ4v) is 3.19. The highest BCUT2D eigenvalue weighted by molar-refractivity contribution is 5.69. The summed E-state index contributed by atoms with van der Waals surface area (Å²) in [6, 6.07) is 0. The summed E-state index contributed by atoms with van der Waals surface area (Å²) in [5, 5.41) is 14.9. The van der Waals surface area contributed by atoms with Crippen LogP contribution in [-0.4, -0.2) is 47.1 Å². The average Bonchev–Trinajstić information content (AvgIpc) is 2.62. The van der Waals surface area contributed by atoms with E-state index < -0.39 is 5.97 Å². The first-order valence-electron chi connectivity index (χ1n) is 7.64. The molecule has 2 N–H and O–H groups in total. The Labute approximate surface area is 127 Å². The number of carboxylic acids is 1. The first kappa shape index (κ1) is 17.9. The Morgan fingerprint density at radius 2 is 2.24 bits per heavy atom. The van der Waals surface area contributed by atoms with Gasteiger partial charge in [0.25, 0.3) is 0 Å². The standard InChI is InChI=1S/C15H29N3O3/c1-6-14(4)11-15(9-12(2)3,7-8-17-16-5)18(21-14)10-13(19)20/h8,12,16H,6-7,9-11H2,1-5H3,(H,19,20)/b17-8-/t14?,15-/m1/s1. The topological polar surface area (TPSA) is 74.2 Å². The number of carbonyl (C=O) groups is 1. The van der Waals surface area contributed by atoms with E-state index in [4.69, 9.17) is 4.84 Å². The number of aliphatic carboxylic acids is 1. The van der Waals surface area contributed by atoms with Crippen molar-refractivity contribution in [3.8, 4) is 0 Å². The Hall–Kier alpha value is -1.14. The average molecular weight is 299 g/mol. The van der Waals surface area contributed by atoms with Gasteiger partial charge in [-0.2, -0.15) is 10.2 Å². The van der Waals surface area contributed by atoms with Crippen molar-refractivity contribution in [1.29, 1.82) is 0 Å². The van der Waals surface area contributed by atoms with Gasteiger partial charge in [0.2, 0.25) is 0 Å². The molecule has 21 heavy (non-hydrogen) atoms. The smallest absolute Gasteiger partial charge is 0.320 e. The Morgan fingerprint density at radius 1 is 1.57 bits per heavy atom. The molecule has 1 aliphatic rings. The second-order valence-electron chi connectivity index (χ2n) is 6.56. The van der Waals surface area contributed by atoms with Crippen LogP contribution in [0.25, 0.3) is 0 Å². The van der Waals surface area contributed by atoms with Gasteiger partial charge in [-0.05, 0) is 32.1 Å². The zero-order chi connectivity index (χ0) is 16.1. The molecule has 0 saturated carbocycles. The second kappa shape index (κ2) is 7.22. The van der Waals surface area contributed by atoms with Gasteiger partial charge in [0.05, 0.1) is 11.1 Å². The van der Waals surface area contributed by atoms with E-state index in [1.165, 1.54) is 0 Å². The summed E-state index contributed by atoms with van der Waals surface area (Å²) in [5.41, 5.74) is 2.13. The van der Waals surface area contributed by atoms with Crippen molar-refractivity contribution >= 4 is 12.2 Å². The predicted octanol–water partition coefficient (Wildman–Crippen LogP) is 2.26. The number of nitrogens with one attached hydrogen (secondary N) is 1. The van der Waals surface area contributed by atoms with Crippen LogP contribution in [0.2, 0.25) is 0 Å². The third kappa shape index (κ3) is 4.68. The monoisotopic (exact) mass is 299 g/mol. The first-order valence-corrected chi connectivity index (χ1v) is 7.64. The molecule has 1 heterocycles. The lowest BCUT2D eigenvalue weighted by Gasteiger charge is -2.36. The minimum absolute atomic E-state index is 0.101. The van der Waals surface area contributed by atoms with Crippen molar-refractivity contribution in [1.82, 2.24) is 10.5 Å². The summed E-state index contributed by atoms with van der Waals surface area (Å²) in [5.74, 6) is -0.416. The maximum atomic E-state index is 11.2. The third-order valence-electron chi connectivity index (χ3n) is 4.07. The Bertz CT molecular complexity index is 386. The van der Waals surface area contributed by atoms with E-state index >= 15 is 0 Å². The van der Waals surface area contributed by atoms with Crippen LogP contribution in [0.1, 0.15) is 53.4 Å². The van der Waals surface area contributed by atoms with Gasteiger partial charge in [0.15, 0.2) is 0 Å². The number of nitrogens with zero attached hydrogens (tertiary/aromatic N) is 2. The molecule has 1 unspecified atom stereocenters. The lowest BCUT2D eigenvalue weighted by atomic mass is 9.78. The van der Waals surface area contributed by atoms with E-state index in [-0.39, 0.29) is 17.7 Å². The molecule has 1 saturated heterocycles. The van der Waals surface area contributed by atoms with Gasteiger partial charge in [-0.25, -0.2) is 0 Å². The summed E-state index contributed by atoms with van der Waals surface area (Å²) in [4.78, 5) is 17.2. The molecule has 6 heteroatoms. The number of carboxylic acid groups (broad SMARTS) is 1. The van der Waals surface area contributed by atoms with Crippen LogP contribution < -0.4 is 5.43 Å². The molecule has 1 fully saturated rings. The van der Waals surface area contributed by atoms with Gasteiger partial charge in [-0.15, -0.1) is 0 Å². The summed E-state index contributed by atoms with van der Waals surface area (Å²) < 4.78 is 0. The molecular weight excluding hydrogens is 270 g/mol. The number of hydroxylamine groups is 2. The largest absolute Gasteiger partial charge is 0.480 e. The fraction of sp³-hybridized carbons (Fsp3) is 0.867. The Kier molecular flexibility index (Phi) is 6.16. The summed E-state index contributed by atoms with van der Waals surface area (Å²) >= 11 is 0. The molecule has 0 amide bonds. The third-order valence-corrected chi connectivity index (χ3v) is 4.07. The van der Waals surface area contributed by atoms with Crippen LogP contribution in [0.3, 0.4) is 0 Å². The van der Waals surface area contributed by atoms with Crippen molar-refractivity contribution in [2.24, 2.45) is 11.0 Å². The maximum absolute atomic E-state index is 11.2. The zero-order valence-corrected chi connectivity index (χ0v) is 13.8. The van der Waals surface area contributed by atoms with Gasteiger partial charge in [-0.3, -0.25) is 9.63 Å². The van der Waals surface area contributed by atoms with Crippen LogP contribution >= 0.6 is 0 Å². The van der Waals surface area contributed by atoms with Crippen LogP contribution in [0.5, 0.6) is 0 Å². The van der Waals surface area contributed by atoms with E-state index in [0.29, 0.717) is 12.3 Å². The highest BCUT2D eigenvalue weighted by Gasteiger charge is 2.52. The molecule has 0 aromatic rings. The Morgan fingerprint density at radius 3 is 2.71 bits per heavy atom. The lowest BCUT2D eigenvalue weighted by Crippen LogP contribution is -2.46. The number of hydrogen-bond donors (Lipinski definition) is 2. The van der Waals surface area contributed by atoms with E-state index in [9.17, 15) is 9.90 Å². The van der Waals surface area contributed by atoms with Crippen molar-refractivity contribution in [3.63, 3.8) is 0 Å². The van der Waals surface area contributed by atoms with Gasteiger partial charge in [0, 0.05) is 19.7 Å². The second-order valence-corrected chi connectivity index (χ2v) is 6.56. The molecule has 1 aliphatic heterocycles. The summed E-state index contributed by atoms with van der Waals surface area (Å²) in [7, 11) is 1.75. The van der Waals surface area contributed by atoms with Crippen molar-refractivity contribution in [2.75, 3.05) is 13.6 Å². The molecule has 0 aromatic carbocycles. The zero-order valence-electron chi connectivity index (χ0n) is 13.8. The SMILES string of the molecule is CCC1(C)C[C@@](C/C=N\NC)(CC(C)C)N(CC(=O)O)O1. The quantitative estimate of drug-likeness (QED) is 0.531. The lowest BCUT2D eigenvalue weighted by molar-refractivity contribution is -0.222. The molecule has 0 bridgehead atoms. The molecule has 0 spiro atoms. The van der Waals surface area contributed by atoms with Gasteiger partial charge in [0.1, 0.15) is 6.54 Å². The maximum Gasteiger partial charge on any atom is 0.320 e. The highest BCUT2D eigenvalue weighted by Crippen LogP contribution is 2.45. The van der Waals surface area contributed by atoms with Gasteiger partial charge < -0.3 is 10.5 Å². The van der Waals surface area contributed by atoms with Crippen molar-refractivity contribution in [3.05, 3.63) is 0 Å². The normalized spacial score (nSPS) is 30.4. The van der Waals surface area contributed by atoms with E-state index in [2.05, 4.69) is 38.2 Å².